The summed E-state index contributed by atoms with van der Waals surface area (Å²) in [4.78, 5) is 18.4. The van der Waals surface area contributed by atoms with Crippen LogP contribution in [0.2, 0.25) is 0 Å². The van der Waals surface area contributed by atoms with Gasteiger partial charge in [0.15, 0.2) is 5.82 Å². The first-order valence-corrected chi connectivity index (χ1v) is 15.8. The summed E-state index contributed by atoms with van der Waals surface area (Å²) in [6.07, 6.45) is 2.84. The SMILES string of the molecule is C#Cc1c(F)ccc2cccc(-c3nc4c5c(nc(OCC67CCCN6CC(OC(F)(F)F)C7)nc5c3F)N3CCNC[C@H]3CC4)c12. The van der Waals surface area contributed by atoms with Crippen molar-refractivity contribution in [2.75, 3.05) is 44.2 Å². The zero-order valence-corrected chi connectivity index (χ0v) is 25.3. The number of terminal acetylenes is 1. The molecule has 0 amide bonds. The number of pyridine rings is 1. The molecule has 0 spiro atoms. The van der Waals surface area contributed by atoms with E-state index in [9.17, 15) is 17.6 Å². The number of anilines is 1. The Morgan fingerprint density at radius 2 is 1.96 bits per heavy atom. The Kier molecular flexibility index (Phi) is 7.23. The summed E-state index contributed by atoms with van der Waals surface area (Å²) in [6.45, 7) is 2.84. The van der Waals surface area contributed by atoms with E-state index < -0.39 is 29.6 Å². The van der Waals surface area contributed by atoms with Crippen LogP contribution in [0.25, 0.3) is 32.9 Å². The molecular weight excluding hydrogens is 619 g/mol. The van der Waals surface area contributed by atoms with Gasteiger partial charge in [-0.25, -0.2) is 13.8 Å². The highest BCUT2D eigenvalue weighted by Crippen LogP contribution is 2.43. The van der Waals surface area contributed by atoms with Crippen molar-refractivity contribution in [3.8, 4) is 29.6 Å². The molecule has 47 heavy (non-hydrogen) atoms. The van der Waals surface area contributed by atoms with E-state index in [1.165, 1.54) is 6.07 Å². The number of benzene rings is 2. The Labute approximate surface area is 267 Å². The van der Waals surface area contributed by atoms with Crippen LogP contribution in [0.1, 0.15) is 36.9 Å². The van der Waals surface area contributed by atoms with E-state index in [-0.39, 0.29) is 48.4 Å². The number of ether oxygens (including phenoxy) is 2. The molecule has 8 rings (SSSR count). The Hall–Kier alpha value is -4.12. The summed E-state index contributed by atoms with van der Waals surface area (Å²) in [5, 5.41) is 4.93. The van der Waals surface area contributed by atoms with Crippen molar-refractivity contribution >= 4 is 27.5 Å². The van der Waals surface area contributed by atoms with Gasteiger partial charge in [-0.3, -0.25) is 9.64 Å². The number of hydrogen-bond donors (Lipinski definition) is 1. The summed E-state index contributed by atoms with van der Waals surface area (Å²) in [5.74, 6) is 1.63. The van der Waals surface area contributed by atoms with Gasteiger partial charge in [0, 0.05) is 43.2 Å². The molecule has 3 fully saturated rings. The van der Waals surface area contributed by atoms with E-state index in [4.69, 9.17) is 21.1 Å². The predicted molar refractivity (Wildman–Crippen MR) is 165 cm³/mol. The number of nitrogens with one attached hydrogen (secondary N) is 1. The van der Waals surface area contributed by atoms with Crippen molar-refractivity contribution in [2.24, 2.45) is 0 Å². The molecule has 4 aromatic rings. The summed E-state index contributed by atoms with van der Waals surface area (Å²) < 4.78 is 81.6. The zero-order chi connectivity index (χ0) is 32.5. The Morgan fingerprint density at radius 1 is 1.09 bits per heavy atom. The average Bonchev–Trinajstić information content (AvgIpc) is 3.53. The molecule has 3 saturated heterocycles. The second-order valence-corrected chi connectivity index (χ2v) is 12.8. The van der Waals surface area contributed by atoms with E-state index in [1.807, 2.05) is 4.90 Å². The number of nitrogens with zero attached hydrogens (tertiary/aromatic N) is 5. The monoisotopic (exact) mass is 650 g/mol. The van der Waals surface area contributed by atoms with Gasteiger partial charge in [0.25, 0.3) is 0 Å². The van der Waals surface area contributed by atoms with E-state index in [0.29, 0.717) is 72.3 Å². The Bertz CT molecular complexity index is 1950. The normalized spacial score (nSPS) is 24.3. The van der Waals surface area contributed by atoms with Crippen molar-refractivity contribution in [3.63, 3.8) is 0 Å². The van der Waals surface area contributed by atoms with Gasteiger partial charge in [-0.15, -0.1) is 19.6 Å². The van der Waals surface area contributed by atoms with Gasteiger partial charge < -0.3 is 15.0 Å². The first-order valence-electron chi connectivity index (χ1n) is 15.8. The molecule has 4 aliphatic rings. The summed E-state index contributed by atoms with van der Waals surface area (Å²) in [7, 11) is 0. The summed E-state index contributed by atoms with van der Waals surface area (Å²) in [5.41, 5.74) is 0.324. The van der Waals surface area contributed by atoms with Crippen molar-refractivity contribution in [1.29, 1.82) is 0 Å². The molecule has 2 aromatic heterocycles. The molecule has 2 aromatic carbocycles. The Morgan fingerprint density at radius 3 is 2.79 bits per heavy atom. The van der Waals surface area contributed by atoms with E-state index in [0.717, 1.165) is 12.8 Å². The first-order chi connectivity index (χ1) is 22.6. The molecule has 0 aliphatic carbocycles. The van der Waals surface area contributed by atoms with Crippen LogP contribution in [0.15, 0.2) is 30.3 Å². The van der Waals surface area contributed by atoms with E-state index >= 15 is 4.39 Å². The molecule has 0 saturated carbocycles. The highest BCUT2D eigenvalue weighted by molar-refractivity contribution is 6.02. The second kappa shape index (κ2) is 11.2. The topological polar surface area (TPSA) is 75.6 Å². The van der Waals surface area contributed by atoms with Crippen molar-refractivity contribution < 1.29 is 31.4 Å². The molecule has 13 heteroatoms. The number of alkyl halides is 3. The third-order valence-corrected chi connectivity index (χ3v) is 10.1. The molecule has 244 valence electrons. The largest absolute Gasteiger partial charge is 0.522 e. The van der Waals surface area contributed by atoms with Crippen LogP contribution >= 0.6 is 0 Å². The van der Waals surface area contributed by atoms with Gasteiger partial charge >= 0.3 is 12.4 Å². The molecule has 1 N–H and O–H groups in total. The van der Waals surface area contributed by atoms with Crippen LogP contribution in [0.4, 0.5) is 27.8 Å². The number of piperazine rings is 1. The fraction of sp³-hybridized carbons (Fsp3) is 0.441. The fourth-order valence-electron chi connectivity index (χ4n) is 8.06. The van der Waals surface area contributed by atoms with Crippen LogP contribution in [-0.2, 0) is 11.2 Å². The lowest BCUT2D eigenvalue weighted by atomic mass is 9.94. The van der Waals surface area contributed by atoms with Gasteiger partial charge in [-0.05, 0) is 50.1 Å². The number of aromatic nitrogens is 3. The molecule has 3 atom stereocenters. The van der Waals surface area contributed by atoms with Crippen LogP contribution in [0.5, 0.6) is 6.01 Å². The van der Waals surface area contributed by atoms with Crippen molar-refractivity contribution in [1.82, 2.24) is 25.2 Å². The van der Waals surface area contributed by atoms with Crippen LogP contribution in [0, 0.1) is 24.0 Å². The summed E-state index contributed by atoms with van der Waals surface area (Å²) in [6, 6.07) is 8.08. The van der Waals surface area contributed by atoms with Gasteiger partial charge in [0.2, 0.25) is 0 Å². The van der Waals surface area contributed by atoms with Crippen LogP contribution < -0.4 is 15.0 Å². The number of rotatable bonds is 5. The zero-order valence-electron chi connectivity index (χ0n) is 25.3. The van der Waals surface area contributed by atoms with Gasteiger partial charge in [0.05, 0.1) is 28.3 Å². The second-order valence-electron chi connectivity index (χ2n) is 12.8. The molecule has 0 bridgehead atoms. The van der Waals surface area contributed by atoms with Crippen LogP contribution in [-0.4, -0.2) is 83.2 Å². The lowest BCUT2D eigenvalue weighted by Crippen LogP contribution is -2.51. The maximum absolute atomic E-state index is 16.9. The third-order valence-electron chi connectivity index (χ3n) is 10.1. The fourth-order valence-corrected chi connectivity index (χ4v) is 8.06. The molecule has 4 aliphatic heterocycles. The molecular formula is C34H31F5N6O2. The van der Waals surface area contributed by atoms with Gasteiger partial charge in [-0.1, -0.05) is 30.2 Å². The van der Waals surface area contributed by atoms with Gasteiger partial charge in [-0.2, -0.15) is 9.97 Å². The standard InChI is InChI=1S/C34H31F5N6O2/c1-2-22-24(35)9-7-19-5-3-6-23(26(19)22)29-28(36)30-27-25(41-29)10-8-20-16-40-12-14-45(20)31(27)43-32(42-30)46-18-33-11-4-13-44(33)17-21(15-33)47-34(37,38)39/h1,3,5-7,9,20-21,40H,4,8,10-18H2/t20-,21?,33?/m1/s1. The first kappa shape index (κ1) is 30.2. The number of fused-ring (bicyclic) bond motifs is 4. The van der Waals surface area contributed by atoms with E-state index in [2.05, 4.69) is 25.9 Å². The quantitative estimate of drug-likeness (QED) is 0.229. The predicted octanol–water partition coefficient (Wildman–Crippen LogP) is 5.35. The smallest absolute Gasteiger partial charge is 0.461 e. The number of aryl methyl sites for hydroxylation is 1. The number of halogens is 5. The number of hydrogen-bond acceptors (Lipinski definition) is 8. The average molecular weight is 651 g/mol. The molecule has 0 radical (unpaired) electrons. The molecule has 8 nitrogen and oxygen atoms in total. The lowest BCUT2D eigenvalue weighted by molar-refractivity contribution is -0.340. The highest BCUT2D eigenvalue weighted by Gasteiger charge is 2.52. The highest BCUT2D eigenvalue weighted by atomic mass is 19.4. The van der Waals surface area contributed by atoms with Gasteiger partial charge in [0.1, 0.15) is 29.5 Å². The third kappa shape index (κ3) is 5.14. The van der Waals surface area contributed by atoms with Crippen LogP contribution in [0.3, 0.4) is 0 Å². The van der Waals surface area contributed by atoms with Crippen molar-refractivity contribution in [2.45, 2.75) is 56.2 Å². The lowest BCUT2D eigenvalue weighted by Gasteiger charge is -2.36. The summed E-state index contributed by atoms with van der Waals surface area (Å²) >= 11 is 0. The maximum atomic E-state index is 16.9. The maximum Gasteiger partial charge on any atom is 0.522 e. The molecule has 2 unspecified atom stereocenters. The minimum Gasteiger partial charge on any atom is -0.461 e. The van der Waals surface area contributed by atoms with Crippen molar-refractivity contribution in [3.05, 3.63) is 53.2 Å². The minimum absolute atomic E-state index is 0.00251. The minimum atomic E-state index is -4.73. The Balaban J connectivity index is 1.25. The molecule has 6 heterocycles. The van der Waals surface area contributed by atoms with E-state index in [1.54, 1.807) is 24.3 Å².